The predicted molar refractivity (Wildman–Crippen MR) is 103 cm³/mol. The Bertz CT molecular complexity index is 814. The van der Waals surface area contributed by atoms with E-state index in [9.17, 15) is 9.90 Å². The fraction of sp³-hybridized carbons (Fsp3) is 0.318. The van der Waals surface area contributed by atoms with Gasteiger partial charge in [0.2, 0.25) is 0 Å². The summed E-state index contributed by atoms with van der Waals surface area (Å²) >= 11 is 0. The Morgan fingerprint density at radius 3 is 2.58 bits per heavy atom. The number of anilines is 1. The maximum atomic E-state index is 11.7. The summed E-state index contributed by atoms with van der Waals surface area (Å²) in [5, 5.41) is 9.64. The number of benzene rings is 2. The smallest absolute Gasteiger partial charge is 0.311 e. The fourth-order valence-corrected chi connectivity index (χ4v) is 3.24. The molecule has 134 valence electrons. The Kier molecular flexibility index (Phi) is 5.93. The summed E-state index contributed by atoms with van der Waals surface area (Å²) in [5.74, 6) is 4.25. The quantitative estimate of drug-likeness (QED) is 0.835. The van der Waals surface area contributed by atoms with Crippen LogP contribution in [-0.2, 0) is 9.53 Å². The van der Waals surface area contributed by atoms with Gasteiger partial charge in [0.25, 0.3) is 0 Å². The van der Waals surface area contributed by atoms with Gasteiger partial charge in [0.05, 0.1) is 19.1 Å². The summed E-state index contributed by atoms with van der Waals surface area (Å²) in [7, 11) is 0. The van der Waals surface area contributed by atoms with Gasteiger partial charge in [-0.25, -0.2) is 0 Å². The van der Waals surface area contributed by atoms with E-state index < -0.39 is 11.9 Å². The molecule has 2 aromatic carbocycles. The summed E-state index contributed by atoms with van der Waals surface area (Å²) in [6.07, 6.45) is 0.319. The highest BCUT2D eigenvalue weighted by atomic mass is 16.5. The highest BCUT2D eigenvalue weighted by Crippen LogP contribution is 2.35. The van der Waals surface area contributed by atoms with E-state index >= 15 is 0 Å². The van der Waals surface area contributed by atoms with Crippen molar-refractivity contribution < 1.29 is 14.6 Å². The molecule has 4 nitrogen and oxygen atoms in total. The highest BCUT2D eigenvalue weighted by Gasteiger charge is 2.22. The lowest BCUT2D eigenvalue weighted by Crippen LogP contribution is -2.36. The van der Waals surface area contributed by atoms with E-state index in [2.05, 4.69) is 28.9 Å². The van der Waals surface area contributed by atoms with E-state index in [1.165, 1.54) is 0 Å². The number of carboxylic acid groups (broad SMARTS) is 1. The molecule has 0 amide bonds. The molecule has 0 aliphatic carbocycles. The second-order valence-electron chi connectivity index (χ2n) is 6.26. The zero-order valence-corrected chi connectivity index (χ0v) is 14.9. The van der Waals surface area contributed by atoms with E-state index in [1.807, 2.05) is 36.4 Å². The molecule has 1 aliphatic rings. The Morgan fingerprint density at radius 2 is 1.92 bits per heavy atom. The third-order valence-corrected chi connectivity index (χ3v) is 4.64. The summed E-state index contributed by atoms with van der Waals surface area (Å²) in [5.41, 5.74) is 4.09. The van der Waals surface area contributed by atoms with Crippen LogP contribution in [0, 0.1) is 11.8 Å². The first-order valence-electron chi connectivity index (χ1n) is 8.85. The molecule has 1 unspecified atom stereocenters. The van der Waals surface area contributed by atoms with Crippen molar-refractivity contribution in [1.29, 1.82) is 0 Å². The number of morpholine rings is 1. The van der Waals surface area contributed by atoms with Gasteiger partial charge < -0.3 is 14.7 Å². The first kappa shape index (κ1) is 18.0. The van der Waals surface area contributed by atoms with Crippen LogP contribution in [-0.4, -0.2) is 37.4 Å². The van der Waals surface area contributed by atoms with E-state index in [-0.39, 0.29) is 0 Å². The van der Waals surface area contributed by atoms with Crippen molar-refractivity contribution in [2.24, 2.45) is 0 Å². The molecule has 26 heavy (non-hydrogen) atoms. The largest absolute Gasteiger partial charge is 0.481 e. The summed E-state index contributed by atoms with van der Waals surface area (Å²) in [6, 6.07) is 16.2. The Morgan fingerprint density at radius 1 is 1.19 bits per heavy atom. The molecule has 1 fully saturated rings. The number of nitrogens with zero attached hydrogens (tertiary/aromatic N) is 1. The lowest BCUT2D eigenvalue weighted by atomic mass is 9.92. The molecule has 0 aromatic heterocycles. The SMILES string of the molecule is CC#CCC(C(=O)O)c1ccc(-c2ccccc2)c(N2CCOCC2)c1. The average Bonchev–Trinajstić information content (AvgIpc) is 2.69. The molecule has 1 saturated heterocycles. The number of carbonyl (C=O) groups is 1. The first-order valence-corrected chi connectivity index (χ1v) is 8.85. The molecule has 1 N–H and O–H groups in total. The molecule has 4 heteroatoms. The maximum absolute atomic E-state index is 11.7. The minimum atomic E-state index is -0.840. The molecule has 2 aromatic rings. The highest BCUT2D eigenvalue weighted by molar-refractivity contribution is 5.82. The third kappa shape index (κ3) is 4.07. The van der Waals surface area contributed by atoms with Crippen molar-refractivity contribution in [3.63, 3.8) is 0 Å². The minimum absolute atomic E-state index is 0.319. The normalized spacial score (nSPS) is 15.0. The van der Waals surface area contributed by atoms with E-state index in [4.69, 9.17) is 4.74 Å². The Labute approximate surface area is 154 Å². The zero-order valence-electron chi connectivity index (χ0n) is 14.9. The number of rotatable bonds is 5. The number of hydrogen-bond acceptors (Lipinski definition) is 3. The molecule has 1 atom stereocenters. The molecule has 3 rings (SSSR count). The molecule has 0 bridgehead atoms. The van der Waals surface area contributed by atoms with Gasteiger partial charge in [0.15, 0.2) is 0 Å². The van der Waals surface area contributed by atoms with Crippen LogP contribution in [0.3, 0.4) is 0 Å². The van der Waals surface area contributed by atoms with Crippen molar-refractivity contribution in [2.45, 2.75) is 19.3 Å². The second-order valence-corrected chi connectivity index (χ2v) is 6.26. The van der Waals surface area contributed by atoms with Gasteiger partial charge >= 0.3 is 5.97 Å². The summed E-state index contributed by atoms with van der Waals surface area (Å²) in [4.78, 5) is 14.0. The van der Waals surface area contributed by atoms with Crippen molar-refractivity contribution in [1.82, 2.24) is 0 Å². The van der Waals surface area contributed by atoms with Gasteiger partial charge in [-0.2, -0.15) is 0 Å². The molecular formula is C22H23NO3. The van der Waals surface area contributed by atoms with E-state index in [1.54, 1.807) is 6.92 Å². The van der Waals surface area contributed by atoms with Crippen LogP contribution in [0.2, 0.25) is 0 Å². The molecule has 0 saturated carbocycles. The van der Waals surface area contributed by atoms with Crippen molar-refractivity contribution >= 4 is 11.7 Å². The van der Waals surface area contributed by atoms with Gasteiger partial charge in [-0.15, -0.1) is 11.8 Å². The number of carboxylic acids is 1. The Balaban J connectivity index is 2.05. The average molecular weight is 349 g/mol. The molecule has 1 heterocycles. The lowest BCUT2D eigenvalue weighted by molar-refractivity contribution is -0.138. The third-order valence-electron chi connectivity index (χ3n) is 4.64. The number of ether oxygens (including phenoxy) is 1. The lowest BCUT2D eigenvalue weighted by Gasteiger charge is -2.31. The maximum Gasteiger partial charge on any atom is 0.311 e. The molecule has 0 radical (unpaired) electrons. The fourth-order valence-electron chi connectivity index (χ4n) is 3.24. The molecular weight excluding hydrogens is 326 g/mol. The van der Waals surface area contributed by atoms with E-state index in [0.717, 1.165) is 35.5 Å². The van der Waals surface area contributed by atoms with Crippen molar-refractivity contribution in [3.05, 3.63) is 54.1 Å². The van der Waals surface area contributed by atoms with Gasteiger partial charge in [0, 0.05) is 30.8 Å². The van der Waals surface area contributed by atoms with Crippen LogP contribution in [0.5, 0.6) is 0 Å². The van der Waals surface area contributed by atoms with Crippen LogP contribution < -0.4 is 4.90 Å². The predicted octanol–water partition coefficient (Wildman–Crippen LogP) is 3.77. The second kappa shape index (κ2) is 8.55. The van der Waals surface area contributed by atoms with Crippen LogP contribution in [0.25, 0.3) is 11.1 Å². The van der Waals surface area contributed by atoms with Gasteiger partial charge in [-0.1, -0.05) is 42.5 Å². The summed E-state index contributed by atoms with van der Waals surface area (Å²) < 4.78 is 5.48. The van der Waals surface area contributed by atoms with E-state index in [0.29, 0.717) is 19.6 Å². The van der Waals surface area contributed by atoms with Crippen LogP contribution in [0.1, 0.15) is 24.8 Å². The van der Waals surface area contributed by atoms with Crippen LogP contribution >= 0.6 is 0 Å². The monoisotopic (exact) mass is 349 g/mol. The van der Waals surface area contributed by atoms with Crippen LogP contribution in [0.15, 0.2) is 48.5 Å². The topological polar surface area (TPSA) is 49.8 Å². The number of hydrogen-bond donors (Lipinski definition) is 1. The van der Waals surface area contributed by atoms with Gasteiger partial charge in [0.1, 0.15) is 0 Å². The first-order chi connectivity index (χ1) is 12.7. The van der Waals surface area contributed by atoms with Gasteiger partial charge in [-0.05, 0) is 24.1 Å². The van der Waals surface area contributed by atoms with Gasteiger partial charge in [-0.3, -0.25) is 4.79 Å². The standard InChI is InChI=1S/C22H23NO3/c1-2-3-9-20(22(24)25)18-10-11-19(17-7-5-4-6-8-17)21(16-18)23-12-14-26-15-13-23/h4-8,10-11,16,20H,9,12-15H2,1H3,(H,24,25). The Hall–Kier alpha value is -2.77. The molecule has 0 spiro atoms. The molecule has 1 aliphatic heterocycles. The van der Waals surface area contributed by atoms with Crippen molar-refractivity contribution in [3.8, 4) is 23.0 Å². The summed E-state index contributed by atoms with van der Waals surface area (Å²) in [6.45, 7) is 4.70. The zero-order chi connectivity index (χ0) is 18.4. The van der Waals surface area contributed by atoms with Crippen molar-refractivity contribution in [2.75, 3.05) is 31.2 Å². The number of aliphatic carboxylic acids is 1. The van der Waals surface area contributed by atoms with Crippen LogP contribution in [0.4, 0.5) is 5.69 Å². The minimum Gasteiger partial charge on any atom is -0.481 e.